The van der Waals surface area contributed by atoms with E-state index in [0.717, 1.165) is 12.8 Å². The normalized spacial score (nSPS) is 31.7. The van der Waals surface area contributed by atoms with Crippen molar-refractivity contribution in [2.45, 2.75) is 19.8 Å². The Balaban J connectivity index is 2.42. The molecule has 1 fully saturated rings. The van der Waals surface area contributed by atoms with Crippen molar-refractivity contribution < 1.29 is 9.53 Å². The molecule has 2 atom stereocenters. The molecular formula is C11H16O2. The van der Waals surface area contributed by atoms with E-state index >= 15 is 0 Å². The van der Waals surface area contributed by atoms with Gasteiger partial charge in [-0.2, -0.15) is 0 Å². The molecule has 1 saturated carbocycles. The molecule has 0 aromatic carbocycles. The maximum Gasteiger partial charge on any atom is 0.330 e. The number of hydrogen-bond donors (Lipinski definition) is 0. The third kappa shape index (κ3) is 2.44. The second-order valence-corrected chi connectivity index (χ2v) is 3.79. The summed E-state index contributed by atoms with van der Waals surface area (Å²) in [6.45, 7) is 5.86. The zero-order chi connectivity index (χ0) is 9.90. The summed E-state index contributed by atoms with van der Waals surface area (Å²) in [7, 11) is 1.39. The van der Waals surface area contributed by atoms with Crippen LogP contribution in [0.1, 0.15) is 19.8 Å². The first-order valence-corrected chi connectivity index (χ1v) is 4.50. The van der Waals surface area contributed by atoms with E-state index in [1.54, 1.807) is 0 Å². The van der Waals surface area contributed by atoms with E-state index in [9.17, 15) is 4.79 Å². The van der Waals surface area contributed by atoms with Gasteiger partial charge in [0.15, 0.2) is 0 Å². The van der Waals surface area contributed by atoms with Crippen LogP contribution in [-0.2, 0) is 9.53 Å². The zero-order valence-corrected chi connectivity index (χ0v) is 8.25. The number of carbonyl (C=O) groups is 1. The molecule has 0 aromatic heterocycles. The van der Waals surface area contributed by atoms with Gasteiger partial charge in [-0.25, -0.2) is 4.79 Å². The number of rotatable bonds is 4. The average Bonchev–Trinajstić information content (AvgIpc) is 2.75. The average molecular weight is 180 g/mol. The molecule has 2 heteroatoms. The summed E-state index contributed by atoms with van der Waals surface area (Å²) in [5, 5.41) is 0. The van der Waals surface area contributed by atoms with E-state index in [1.807, 2.05) is 12.2 Å². The lowest BCUT2D eigenvalue weighted by Crippen LogP contribution is -1.98. The van der Waals surface area contributed by atoms with Crippen LogP contribution in [0.25, 0.3) is 0 Å². The summed E-state index contributed by atoms with van der Waals surface area (Å²) in [5.41, 5.74) is 0.197. The molecule has 0 aliphatic heterocycles. The standard InChI is InChI=1S/C11H16O2/c1-4-5-9-8-11(9,2)7-6-10(12)13-3/h4,6-7,9H,1,5,8H2,2-3H3/b7-6+/t9-,11+/m0/s1. The molecule has 0 spiro atoms. The van der Waals surface area contributed by atoms with E-state index in [2.05, 4.69) is 18.2 Å². The smallest absolute Gasteiger partial charge is 0.330 e. The van der Waals surface area contributed by atoms with Gasteiger partial charge in [-0.1, -0.05) is 19.1 Å². The van der Waals surface area contributed by atoms with Gasteiger partial charge in [-0.3, -0.25) is 0 Å². The summed E-state index contributed by atoms with van der Waals surface area (Å²) in [6.07, 6.45) is 7.58. The second kappa shape index (κ2) is 3.77. The fourth-order valence-electron chi connectivity index (χ4n) is 1.56. The third-order valence-corrected chi connectivity index (χ3v) is 2.71. The molecule has 0 N–H and O–H groups in total. The lowest BCUT2D eigenvalue weighted by molar-refractivity contribution is -0.134. The Morgan fingerprint density at radius 3 is 3.00 bits per heavy atom. The summed E-state index contributed by atoms with van der Waals surface area (Å²) in [5.74, 6) is 0.386. The van der Waals surface area contributed by atoms with Gasteiger partial charge in [0, 0.05) is 6.08 Å². The van der Waals surface area contributed by atoms with Crippen LogP contribution < -0.4 is 0 Å². The largest absolute Gasteiger partial charge is 0.466 e. The highest BCUT2D eigenvalue weighted by molar-refractivity contribution is 5.81. The van der Waals surface area contributed by atoms with E-state index in [-0.39, 0.29) is 11.4 Å². The second-order valence-electron chi connectivity index (χ2n) is 3.79. The molecule has 13 heavy (non-hydrogen) atoms. The van der Waals surface area contributed by atoms with Crippen LogP contribution >= 0.6 is 0 Å². The number of esters is 1. The SMILES string of the molecule is C=CC[C@H]1C[C@@]1(C)/C=C/C(=O)OC. The predicted octanol–water partition coefficient (Wildman–Crippen LogP) is 2.32. The Morgan fingerprint density at radius 2 is 2.46 bits per heavy atom. The first-order chi connectivity index (χ1) is 6.12. The maximum absolute atomic E-state index is 10.8. The monoisotopic (exact) mass is 180 g/mol. The first-order valence-electron chi connectivity index (χ1n) is 4.50. The lowest BCUT2D eigenvalue weighted by atomic mass is 10.0. The molecule has 1 rings (SSSR count). The Morgan fingerprint density at radius 1 is 1.77 bits per heavy atom. The van der Waals surface area contributed by atoms with E-state index in [4.69, 9.17) is 0 Å². The van der Waals surface area contributed by atoms with Crippen molar-refractivity contribution in [1.29, 1.82) is 0 Å². The first kappa shape index (κ1) is 10.0. The lowest BCUT2D eigenvalue weighted by Gasteiger charge is -2.01. The topological polar surface area (TPSA) is 26.3 Å². The van der Waals surface area contributed by atoms with Crippen molar-refractivity contribution in [3.05, 3.63) is 24.8 Å². The fraction of sp³-hybridized carbons (Fsp3) is 0.545. The summed E-state index contributed by atoms with van der Waals surface area (Å²) in [6, 6.07) is 0. The highest BCUT2D eigenvalue weighted by Crippen LogP contribution is 2.55. The number of allylic oxidation sites excluding steroid dienone is 2. The minimum Gasteiger partial charge on any atom is -0.466 e. The van der Waals surface area contributed by atoms with E-state index in [0.29, 0.717) is 5.92 Å². The Hall–Kier alpha value is -1.05. The van der Waals surface area contributed by atoms with Gasteiger partial charge < -0.3 is 4.74 Å². The van der Waals surface area contributed by atoms with Gasteiger partial charge in [0.2, 0.25) is 0 Å². The molecule has 72 valence electrons. The van der Waals surface area contributed by atoms with Crippen LogP contribution in [0.15, 0.2) is 24.8 Å². The molecule has 0 amide bonds. The van der Waals surface area contributed by atoms with Crippen LogP contribution in [0.3, 0.4) is 0 Å². The third-order valence-electron chi connectivity index (χ3n) is 2.71. The molecule has 0 unspecified atom stereocenters. The molecule has 0 saturated heterocycles. The number of methoxy groups -OCH3 is 1. The maximum atomic E-state index is 10.8. The minimum absolute atomic E-state index is 0.197. The van der Waals surface area contributed by atoms with Crippen LogP contribution in [-0.4, -0.2) is 13.1 Å². The van der Waals surface area contributed by atoms with Gasteiger partial charge in [0.05, 0.1) is 7.11 Å². The molecule has 0 heterocycles. The highest BCUT2D eigenvalue weighted by Gasteiger charge is 2.46. The number of ether oxygens (including phenoxy) is 1. The summed E-state index contributed by atoms with van der Waals surface area (Å²) >= 11 is 0. The van der Waals surface area contributed by atoms with Crippen molar-refractivity contribution in [3.63, 3.8) is 0 Å². The fourth-order valence-corrected chi connectivity index (χ4v) is 1.56. The van der Waals surface area contributed by atoms with Gasteiger partial charge in [0.1, 0.15) is 0 Å². The van der Waals surface area contributed by atoms with E-state index in [1.165, 1.54) is 13.2 Å². The number of carbonyl (C=O) groups excluding carboxylic acids is 1. The van der Waals surface area contributed by atoms with Crippen molar-refractivity contribution >= 4 is 5.97 Å². The van der Waals surface area contributed by atoms with Crippen molar-refractivity contribution in [1.82, 2.24) is 0 Å². The van der Waals surface area contributed by atoms with Crippen molar-refractivity contribution in [2.75, 3.05) is 7.11 Å². The summed E-state index contributed by atoms with van der Waals surface area (Å²) < 4.78 is 4.52. The van der Waals surface area contributed by atoms with Crippen LogP contribution in [0.2, 0.25) is 0 Å². The van der Waals surface area contributed by atoms with Crippen molar-refractivity contribution in [2.24, 2.45) is 11.3 Å². The molecule has 0 aromatic rings. The number of hydrogen-bond acceptors (Lipinski definition) is 2. The Bertz CT molecular complexity index is 242. The molecule has 2 nitrogen and oxygen atoms in total. The van der Waals surface area contributed by atoms with Gasteiger partial charge in [0.25, 0.3) is 0 Å². The zero-order valence-electron chi connectivity index (χ0n) is 8.25. The molecule has 0 bridgehead atoms. The van der Waals surface area contributed by atoms with Crippen LogP contribution in [0.4, 0.5) is 0 Å². The van der Waals surface area contributed by atoms with Gasteiger partial charge in [-0.05, 0) is 24.2 Å². The highest BCUT2D eigenvalue weighted by atomic mass is 16.5. The van der Waals surface area contributed by atoms with Gasteiger partial charge in [-0.15, -0.1) is 6.58 Å². The minimum atomic E-state index is -0.273. The van der Waals surface area contributed by atoms with Crippen LogP contribution in [0.5, 0.6) is 0 Å². The molecule has 1 aliphatic carbocycles. The molecular weight excluding hydrogens is 164 g/mol. The van der Waals surface area contributed by atoms with E-state index < -0.39 is 0 Å². The van der Waals surface area contributed by atoms with Crippen LogP contribution in [0, 0.1) is 11.3 Å². The Labute approximate surface area is 79.3 Å². The Kier molecular flexibility index (Phi) is 2.91. The predicted molar refractivity (Wildman–Crippen MR) is 52.2 cm³/mol. The van der Waals surface area contributed by atoms with Gasteiger partial charge >= 0.3 is 5.97 Å². The quantitative estimate of drug-likeness (QED) is 0.377. The molecule has 1 aliphatic rings. The summed E-state index contributed by atoms with van der Waals surface area (Å²) in [4.78, 5) is 10.8. The molecule has 0 radical (unpaired) electrons. The van der Waals surface area contributed by atoms with Crippen molar-refractivity contribution in [3.8, 4) is 0 Å².